The Balaban J connectivity index is 1.58. The molecular formula is C26H17N3O. The Morgan fingerprint density at radius 3 is 2.53 bits per heavy atom. The lowest BCUT2D eigenvalue weighted by Crippen LogP contribution is -1.88. The first kappa shape index (κ1) is 15.8. The van der Waals surface area contributed by atoms with Crippen LogP contribution in [-0.2, 0) is 7.05 Å². The van der Waals surface area contributed by atoms with Crippen LogP contribution in [0.25, 0.3) is 60.9 Å². The quantitative estimate of drug-likeness (QED) is 0.320. The van der Waals surface area contributed by atoms with Crippen molar-refractivity contribution >= 4 is 49.8 Å². The Bertz CT molecular complexity index is 1760. The first-order valence-electron chi connectivity index (χ1n) is 10.1. The van der Waals surface area contributed by atoms with Gasteiger partial charge in [0.1, 0.15) is 11.2 Å². The number of nitrogens with zero attached hydrogens (tertiary/aromatic N) is 3. The summed E-state index contributed by atoms with van der Waals surface area (Å²) < 4.78 is 10.7. The van der Waals surface area contributed by atoms with Gasteiger partial charge in [-0.2, -0.15) is 0 Å². The molecule has 0 spiro atoms. The van der Waals surface area contributed by atoms with E-state index >= 15 is 0 Å². The van der Waals surface area contributed by atoms with Crippen LogP contribution in [0, 0.1) is 0 Å². The number of benzene rings is 4. The summed E-state index contributed by atoms with van der Waals surface area (Å²) in [5.41, 5.74) is 8.52. The van der Waals surface area contributed by atoms with Crippen molar-refractivity contribution in [2.45, 2.75) is 0 Å². The molecule has 3 aromatic heterocycles. The van der Waals surface area contributed by atoms with Gasteiger partial charge in [-0.15, -0.1) is 0 Å². The van der Waals surface area contributed by atoms with E-state index in [0.717, 1.165) is 60.9 Å². The van der Waals surface area contributed by atoms with Gasteiger partial charge in [0.05, 0.1) is 22.1 Å². The molecule has 0 N–H and O–H groups in total. The Hall–Kier alpha value is -4.05. The number of fused-ring (bicyclic) bond motifs is 8. The molecule has 0 aliphatic heterocycles. The summed E-state index contributed by atoms with van der Waals surface area (Å²) in [6.07, 6.45) is 0. The van der Waals surface area contributed by atoms with Crippen molar-refractivity contribution in [2.75, 3.05) is 0 Å². The van der Waals surface area contributed by atoms with E-state index in [1.807, 2.05) is 18.2 Å². The standard InChI is InChI=1S/C26H17N3O/c1-28-22-14-13-16(15-23(22)29-21-11-4-3-10-20(21)27-26(28)29)17-8-6-9-19-18-7-2-5-12-24(18)30-25(17)19/h2-15H,1H3. The molecular weight excluding hydrogens is 370 g/mol. The van der Waals surface area contributed by atoms with Gasteiger partial charge in [-0.3, -0.25) is 4.40 Å². The summed E-state index contributed by atoms with van der Waals surface area (Å²) in [4.78, 5) is 4.84. The van der Waals surface area contributed by atoms with Crippen molar-refractivity contribution in [3.8, 4) is 11.1 Å². The van der Waals surface area contributed by atoms with Crippen LogP contribution in [0.3, 0.4) is 0 Å². The highest BCUT2D eigenvalue weighted by atomic mass is 16.3. The van der Waals surface area contributed by atoms with Gasteiger partial charge >= 0.3 is 0 Å². The van der Waals surface area contributed by atoms with Crippen LogP contribution >= 0.6 is 0 Å². The summed E-state index contributed by atoms with van der Waals surface area (Å²) in [7, 11) is 2.07. The second kappa shape index (κ2) is 5.51. The number of hydrogen-bond donors (Lipinski definition) is 0. The van der Waals surface area contributed by atoms with Gasteiger partial charge in [-0.25, -0.2) is 4.98 Å². The minimum atomic E-state index is 0.920. The molecule has 30 heavy (non-hydrogen) atoms. The molecule has 0 bridgehead atoms. The molecule has 0 aliphatic rings. The van der Waals surface area contributed by atoms with E-state index < -0.39 is 0 Å². The molecule has 0 saturated heterocycles. The van der Waals surface area contributed by atoms with Crippen molar-refractivity contribution in [1.29, 1.82) is 0 Å². The molecule has 0 saturated carbocycles. The maximum absolute atomic E-state index is 6.27. The van der Waals surface area contributed by atoms with Gasteiger partial charge in [0.25, 0.3) is 0 Å². The predicted molar refractivity (Wildman–Crippen MR) is 122 cm³/mol. The zero-order valence-corrected chi connectivity index (χ0v) is 16.3. The largest absolute Gasteiger partial charge is 0.455 e. The highest BCUT2D eigenvalue weighted by molar-refractivity contribution is 6.10. The van der Waals surface area contributed by atoms with Crippen LogP contribution in [0.4, 0.5) is 0 Å². The Morgan fingerprint density at radius 2 is 1.57 bits per heavy atom. The second-order valence-corrected chi connectivity index (χ2v) is 7.78. The van der Waals surface area contributed by atoms with Gasteiger partial charge in [0, 0.05) is 23.4 Å². The highest BCUT2D eigenvalue weighted by Gasteiger charge is 2.16. The molecule has 4 aromatic carbocycles. The van der Waals surface area contributed by atoms with E-state index in [1.54, 1.807) is 0 Å². The topological polar surface area (TPSA) is 35.4 Å². The molecule has 0 atom stereocenters. The first-order valence-corrected chi connectivity index (χ1v) is 10.1. The average Bonchev–Trinajstić information content (AvgIpc) is 3.44. The van der Waals surface area contributed by atoms with Crippen LogP contribution in [0.15, 0.2) is 89.3 Å². The zero-order chi connectivity index (χ0) is 19.8. The first-order chi connectivity index (χ1) is 14.8. The lowest BCUT2D eigenvalue weighted by Gasteiger charge is -2.04. The van der Waals surface area contributed by atoms with Crippen LogP contribution in [0.5, 0.6) is 0 Å². The SMILES string of the molecule is Cn1c2ccc(-c3cccc4c3oc3ccccc34)cc2n2c3ccccc3nc12. The molecule has 0 aliphatic carbocycles. The Kier molecular flexibility index (Phi) is 2.91. The lowest BCUT2D eigenvalue weighted by atomic mass is 10.0. The van der Waals surface area contributed by atoms with Crippen molar-refractivity contribution < 1.29 is 4.42 Å². The maximum Gasteiger partial charge on any atom is 0.215 e. The molecule has 0 radical (unpaired) electrons. The number of hydrogen-bond acceptors (Lipinski definition) is 2. The summed E-state index contributed by atoms with van der Waals surface area (Å²) in [6.45, 7) is 0. The summed E-state index contributed by atoms with van der Waals surface area (Å²) in [6, 6.07) is 29.5. The highest BCUT2D eigenvalue weighted by Crippen LogP contribution is 2.37. The molecule has 0 unspecified atom stereocenters. The average molecular weight is 387 g/mol. The van der Waals surface area contributed by atoms with E-state index in [2.05, 4.69) is 82.7 Å². The third-order valence-electron chi connectivity index (χ3n) is 6.14. The third-order valence-corrected chi connectivity index (χ3v) is 6.14. The van der Waals surface area contributed by atoms with Crippen LogP contribution in [0.2, 0.25) is 0 Å². The van der Waals surface area contributed by atoms with E-state index in [0.29, 0.717) is 0 Å². The maximum atomic E-state index is 6.27. The summed E-state index contributed by atoms with van der Waals surface area (Å²) in [5, 5.41) is 2.30. The van der Waals surface area contributed by atoms with Crippen molar-refractivity contribution in [1.82, 2.24) is 14.0 Å². The number of rotatable bonds is 1. The molecule has 7 aromatic rings. The fraction of sp³-hybridized carbons (Fsp3) is 0.0385. The second-order valence-electron chi connectivity index (χ2n) is 7.78. The number of aromatic nitrogens is 3. The molecule has 4 heteroatoms. The Morgan fingerprint density at radius 1 is 0.733 bits per heavy atom. The van der Waals surface area contributed by atoms with Gasteiger partial charge in [0.15, 0.2) is 0 Å². The molecule has 142 valence electrons. The van der Waals surface area contributed by atoms with Gasteiger partial charge in [-0.1, -0.05) is 54.6 Å². The Labute approximate surface area is 171 Å². The van der Waals surface area contributed by atoms with Crippen LogP contribution in [-0.4, -0.2) is 14.0 Å². The van der Waals surface area contributed by atoms with E-state index in [9.17, 15) is 0 Å². The fourth-order valence-electron chi connectivity index (χ4n) is 4.71. The molecule has 3 heterocycles. The van der Waals surface area contributed by atoms with E-state index in [4.69, 9.17) is 9.40 Å². The van der Waals surface area contributed by atoms with Gasteiger partial charge in [-0.05, 0) is 35.9 Å². The minimum absolute atomic E-state index is 0.920. The molecule has 0 amide bonds. The van der Waals surface area contributed by atoms with Crippen molar-refractivity contribution in [3.05, 3.63) is 84.9 Å². The summed E-state index contributed by atoms with van der Waals surface area (Å²) in [5.74, 6) is 0.949. The molecule has 7 rings (SSSR count). The number of para-hydroxylation sites is 4. The number of furan rings is 1. The van der Waals surface area contributed by atoms with Crippen molar-refractivity contribution in [3.63, 3.8) is 0 Å². The fourth-order valence-corrected chi connectivity index (χ4v) is 4.71. The van der Waals surface area contributed by atoms with Crippen LogP contribution < -0.4 is 0 Å². The smallest absolute Gasteiger partial charge is 0.215 e. The van der Waals surface area contributed by atoms with Gasteiger partial charge in [0.2, 0.25) is 5.78 Å². The monoisotopic (exact) mass is 387 g/mol. The molecule has 0 fully saturated rings. The third kappa shape index (κ3) is 1.93. The number of aryl methyl sites for hydroxylation is 1. The minimum Gasteiger partial charge on any atom is -0.455 e. The normalized spacial score (nSPS) is 12.2. The zero-order valence-electron chi connectivity index (χ0n) is 16.3. The summed E-state index contributed by atoms with van der Waals surface area (Å²) >= 11 is 0. The van der Waals surface area contributed by atoms with Crippen molar-refractivity contribution in [2.24, 2.45) is 7.05 Å². The van der Waals surface area contributed by atoms with Crippen LogP contribution in [0.1, 0.15) is 0 Å². The van der Waals surface area contributed by atoms with E-state index in [-0.39, 0.29) is 0 Å². The molecule has 4 nitrogen and oxygen atoms in total. The predicted octanol–water partition coefficient (Wildman–Crippen LogP) is 6.55. The van der Waals surface area contributed by atoms with E-state index in [1.165, 1.54) is 0 Å². The lowest BCUT2D eigenvalue weighted by molar-refractivity contribution is 0.670. The van der Waals surface area contributed by atoms with Gasteiger partial charge < -0.3 is 8.98 Å². The number of imidazole rings is 2.